The number of halogens is 2. The molecule has 4 heteroatoms. The molecule has 0 amide bonds. The number of rotatable bonds is 2. The van der Waals surface area contributed by atoms with E-state index < -0.39 is 11.9 Å². The first kappa shape index (κ1) is 12.0. The molecule has 0 bridgehead atoms. The van der Waals surface area contributed by atoms with Crippen LogP contribution >= 0.6 is 11.6 Å². The van der Waals surface area contributed by atoms with E-state index in [2.05, 4.69) is 4.98 Å². The number of pyridine rings is 1. The van der Waals surface area contributed by atoms with Gasteiger partial charge in [0.15, 0.2) is 0 Å². The topological polar surface area (TPSA) is 33.1 Å². The summed E-state index contributed by atoms with van der Waals surface area (Å²) in [5.74, 6) is -0.445. The van der Waals surface area contributed by atoms with Crippen LogP contribution in [0.25, 0.3) is 0 Å². The van der Waals surface area contributed by atoms with Crippen LogP contribution in [0, 0.1) is 12.7 Å². The Morgan fingerprint density at radius 1 is 1.29 bits per heavy atom. The van der Waals surface area contributed by atoms with Crippen LogP contribution in [0.1, 0.15) is 22.9 Å². The zero-order valence-corrected chi connectivity index (χ0v) is 9.95. The monoisotopic (exact) mass is 251 g/mol. The van der Waals surface area contributed by atoms with Crippen LogP contribution in [0.4, 0.5) is 4.39 Å². The molecule has 1 atom stereocenters. The lowest BCUT2D eigenvalue weighted by atomic mass is 10.0. The van der Waals surface area contributed by atoms with Crippen molar-refractivity contribution in [1.29, 1.82) is 0 Å². The lowest BCUT2D eigenvalue weighted by Crippen LogP contribution is -2.04. The van der Waals surface area contributed by atoms with E-state index in [1.54, 1.807) is 24.3 Å². The van der Waals surface area contributed by atoms with Gasteiger partial charge in [0.05, 0.1) is 10.7 Å². The minimum absolute atomic E-state index is 0.222. The van der Waals surface area contributed by atoms with Gasteiger partial charge < -0.3 is 5.11 Å². The Morgan fingerprint density at radius 2 is 2.06 bits per heavy atom. The molecule has 0 aliphatic carbocycles. The van der Waals surface area contributed by atoms with Gasteiger partial charge in [-0.3, -0.25) is 4.98 Å². The van der Waals surface area contributed by atoms with Crippen molar-refractivity contribution in [3.05, 3.63) is 64.2 Å². The molecule has 17 heavy (non-hydrogen) atoms. The largest absolute Gasteiger partial charge is 0.382 e. The first-order valence-electron chi connectivity index (χ1n) is 5.13. The molecule has 1 N–H and O–H groups in total. The summed E-state index contributed by atoms with van der Waals surface area (Å²) in [5, 5.41) is 10.5. The van der Waals surface area contributed by atoms with E-state index in [1.807, 2.05) is 6.92 Å². The zero-order valence-electron chi connectivity index (χ0n) is 9.19. The molecular formula is C13H11ClFNO. The van der Waals surface area contributed by atoms with E-state index in [4.69, 9.17) is 11.6 Å². The number of nitrogens with zero attached hydrogens (tertiary/aromatic N) is 1. The van der Waals surface area contributed by atoms with Gasteiger partial charge in [0.25, 0.3) is 0 Å². The highest BCUT2D eigenvalue weighted by atomic mass is 35.5. The van der Waals surface area contributed by atoms with E-state index in [1.165, 1.54) is 12.3 Å². The predicted molar refractivity (Wildman–Crippen MR) is 64.4 cm³/mol. The van der Waals surface area contributed by atoms with Crippen LogP contribution in [0.15, 0.2) is 36.5 Å². The standard InChI is InChI=1S/C13H11ClFNO/c1-8-2-4-11(15)10(6-8)13(17)12-5-3-9(14)7-16-12/h2-7,13,17H,1H3. The molecule has 0 spiro atoms. The summed E-state index contributed by atoms with van der Waals surface area (Å²) in [6, 6.07) is 7.79. The van der Waals surface area contributed by atoms with Crippen LogP contribution in [-0.4, -0.2) is 10.1 Å². The average Bonchev–Trinajstić information content (AvgIpc) is 2.32. The number of aryl methyl sites for hydroxylation is 1. The van der Waals surface area contributed by atoms with Crippen LogP contribution in [0.2, 0.25) is 5.02 Å². The van der Waals surface area contributed by atoms with E-state index in [0.29, 0.717) is 10.7 Å². The Kier molecular flexibility index (Phi) is 3.41. The molecule has 2 nitrogen and oxygen atoms in total. The molecule has 0 aliphatic heterocycles. The van der Waals surface area contributed by atoms with Crippen LogP contribution in [0.3, 0.4) is 0 Å². The van der Waals surface area contributed by atoms with Gasteiger partial charge in [0.1, 0.15) is 11.9 Å². The first-order valence-corrected chi connectivity index (χ1v) is 5.51. The number of hydrogen-bond donors (Lipinski definition) is 1. The van der Waals surface area contributed by atoms with Gasteiger partial charge in [-0.05, 0) is 25.1 Å². The lowest BCUT2D eigenvalue weighted by Gasteiger charge is -2.12. The molecule has 1 heterocycles. The molecule has 1 unspecified atom stereocenters. The first-order chi connectivity index (χ1) is 8.08. The maximum Gasteiger partial charge on any atom is 0.129 e. The highest BCUT2D eigenvalue weighted by Gasteiger charge is 2.16. The van der Waals surface area contributed by atoms with Crippen molar-refractivity contribution in [2.45, 2.75) is 13.0 Å². The number of hydrogen-bond acceptors (Lipinski definition) is 2. The molecule has 0 aliphatic rings. The third-order valence-electron chi connectivity index (χ3n) is 2.48. The SMILES string of the molecule is Cc1ccc(F)c(C(O)c2ccc(Cl)cn2)c1. The highest BCUT2D eigenvalue weighted by Crippen LogP contribution is 2.24. The van der Waals surface area contributed by atoms with Crippen molar-refractivity contribution >= 4 is 11.6 Å². The molecule has 0 radical (unpaired) electrons. The Balaban J connectivity index is 2.39. The average molecular weight is 252 g/mol. The van der Waals surface area contributed by atoms with Gasteiger partial charge in [-0.2, -0.15) is 0 Å². The molecular weight excluding hydrogens is 241 g/mol. The number of aliphatic hydroxyl groups is 1. The van der Waals surface area contributed by atoms with Crippen molar-refractivity contribution in [2.75, 3.05) is 0 Å². The fourth-order valence-corrected chi connectivity index (χ4v) is 1.69. The summed E-state index contributed by atoms with van der Waals surface area (Å²) in [6.07, 6.45) is 0.348. The van der Waals surface area contributed by atoms with Crippen molar-refractivity contribution in [3.8, 4) is 0 Å². The van der Waals surface area contributed by atoms with Crippen molar-refractivity contribution < 1.29 is 9.50 Å². The highest BCUT2D eigenvalue weighted by molar-refractivity contribution is 6.30. The van der Waals surface area contributed by atoms with Crippen molar-refractivity contribution in [1.82, 2.24) is 4.98 Å². The lowest BCUT2D eigenvalue weighted by molar-refractivity contribution is 0.210. The second-order valence-electron chi connectivity index (χ2n) is 3.83. The second-order valence-corrected chi connectivity index (χ2v) is 4.27. The summed E-state index contributed by atoms with van der Waals surface area (Å²) in [5.41, 5.74) is 1.48. The summed E-state index contributed by atoms with van der Waals surface area (Å²) in [4.78, 5) is 3.98. The van der Waals surface area contributed by atoms with Crippen molar-refractivity contribution in [2.24, 2.45) is 0 Å². The minimum atomic E-state index is -1.08. The maximum atomic E-state index is 13.6. The van der Waals surface area contributed by atoms with Crippen molar-refractivity contribution in [3.63, 3.8) is 0 Å². The smallest absolute Gasteiger partial charge is 0.129 e. The molecule has 0 saturated carbocycles. The molecule has 0 saturated heterocycles. The van der Waals surface area contributed by atoms with Crippen LogP contribution in [0.5, 0.6) is 0 Å². The Morgan fingerprint density at radius 3 is 2.71 bits per heavy atom. The van der Waals surface area contributed by atoms with Crippen LogP contribution < -0.4 is 0 Å². The molecule has 2 rings (SSSR count). The van der Waals surface area contributed by atoms with Crippen LogP contribution in [-0.2, 0) is 0 Å². The Labute approximate surface area is 104 Å². The van der Waals surface area contributed by atoms with Gasteiger partial charge in [0, 0.05) is 11.8 Å². The summed E-state index contributed by atoms with van der Waals surface area (Å²) >= 11 is 5.70. The second kappa shape index (κ2) is 4.82. The van der Waals surface area contributed by atoms with E-state index in [9.17, 15) is 9.50 Å². The fraction of sp³-hybridized carbons (Fsp3) is 0.154. The third kappa shape index (κ3) is 2.62. The van der Waals surface area contributed by atoms with Gasteiger partial charge in [-0.15, -0.1) is 0 Å². The summed E-state index contributed by atoms with van der Waals surface area (Å²) in [6.45, 7) is 1.84. The zero-order chi connectivity index (χ0) is 12.4. The van der Waals surface area contributed by atoms with E-state index in [0.717, 1.165) is 5.56 Å². The fourth-order valence-electron chi connectivity index (χ4n) is 1.58. The molecule has 1 aromatic heterocycles. The Hall–Kier alpha value is -1.45. The summed E-state index contributed by atoms with van der Waals surface area (Å²) < 4.78 is 13.6. The third-order valence-corrected chi connectivity index (χ3v) is 2.70. The predicted octanol–water partition coefficient (Wildman–Crippen LogP) is 3.26. The Bertz CT molecular complexity index is 527. The minimum Gasteiger partial charge on any atom is -0.382 e. The number of benzene rings is 1. The van der Waals surface area contributed by atoms with E-state index in [-0.39, 0.29) is 5.56 Å². The number of aliphatic hydroxyl groups excluding tert-OH is 1. The van der Waals surface area contributed by atoms with E-state index >= 15 is 0 Å². The molecule has 1 aromatic carbocycles. The quantitative estimate of drug-likeness (QED) is 0.889. The molecule has 88 valence electrons. The summed E-state index contributed by atoms with van der Waals surface area (Å²) in [7, 11) is 0. The maximum absolute atomic E-state index is 13.6. The van der Waals surface area contributed by atoms with Gasteiger partial charge in [0.2, 0.25) is 0 Å². The molecule has 0 fully saturated rings. The van der Waals surface area contributed by atoms with Gasteiger partial charge in [-0.1, -0.05) is 29.3 Å². The normalized spacial score (nSPS) is 12.5. The van der Waals surface area contributed by atoms with Gasteiger partial charge >= 0.3 is 0 Å². The van der Waals surface area contributed by atoms with Gasteiger partial charge in [-0.25, -0.2) is 4.39 Å². The molecule has 2 aromatic rings. The number of aromatic nitrogens is 1.